The fourth-order valence-corrected chi connectivity index (χ4v) is 3.85. The number of rotatable bonds is 2. The van der Waals surface area contributed by atoms with Crippen molar-refractivity contribution in [2.75, 3.05) is 0 Å². The van der Waals surface area contributed by atoms with Gasteiger partial charge in [0, 0.05) is 4.47 Å². The first kappa shape index (κ1) is 17.0. The highest BCUT2D eigenvalue weighted by Gasteiger charge is 2.39. The Kier molecular flexibility index (Phi) is 3.91. The first-order chi connectivity index (χ1) is 13.6. The largest absolute Gasteiger partial charge is 0.424 e. The maximum Gasteiger partial charge on any atom is 0.344 e. The molecule has 4 aromatic rings. The molecular formula is C23H13BrO4. The van der Waals surface area contributed by atoms with Gasteiger partial charge in [0.2, 0.25) is 0 Å². The van der Waals surface area contributed by atoms with Crippen LogP contribution in [0.3, 0.4) is 0 Å². The zero-order chi connectivity index (χ0) is 19.3. The van der Waals surface area contributed by atoms with Gasteiger partial charge in [-0.3, -0.25) is 4.79 Å². The lowest BCUT2D eigenvalue weighted by Gasteiger charge is -2.09. The minimum atomic E-state index is -0.783. The molecule has 0 saturated carbocycles. The highest BCUT2D eigenvalue weighted by molar-refractivity contribution is 9.10. The number of hydrogen-bond donors (Lipinski definition) is 0. The number of para-hydroxylation sites is 1. The van der Waals surface area contributed by atoms with Crippen LogP contribution >= 0.6 is 15.9 Å². The molecule has 0 aliphatic carbocycles. The molecule has 0 saturated heterocycles. The molecule has 136 valence electrons. The van der Waals surface area contributed by atoms with Crippen molar-refractivity contribution in [3.63, 3.8) is 0 Å². The van der Waals surface area contributed by atoms with Crippen molar-refractivity contribution in [1.82, 2.24) is 0 Å². The topological polar surface area (TPSA) is 56.5 Å². The summed E-state index contributed by atoms with van der Waals surface area (Å²) in [5, 5.41) is 0.624. The summed E-state index contributed by atoms with van der Waals surface area (Å²) in [6.07, 6.45) is 0. The first-order valence-corrected chi connectivity index (χ1v) is 9.54. The highest BCUT2D eigenvalue weighted by Crippen LogP contribution is 2.41. The first-order valence-electron chi connectivity index (χ1n) is 8.75. The minimum Gasteiger partial charge on any atom is -0.424 e. The van der Waals surface area contributed by atoms with Crippen LogP contribution in [-0.4, -0.2) is 5.97 Å². The molecule has 5 heteroatoms. The Morgan fingerprint density at radius 2 is 1.43 bits per heavy atom. The number of carbonyl (C=O) groups excluding carboxylic acids is 1. The van der Waals surface area contributed by atoms with Crippen molar-refractivity contribution in [1.29, 1.82) is 0 Å². The molecule has 0 amide bonds. The highest BCUT2D eigenvalue weighted by atomic mass is 79.9. The third-order valence-electron chi connectivity index (χ3n) is 4.95. The monoisotopic (exact) mass is 432 g/mol. The summed E-state index contributed by atoms with van der Waals surface area (Å²) in [7, 11) is 0. The van der Waals surface area contributed by atoms with Gasteiger partial charge in [0.05, 0.1) is 10.9 Å². The summed E-state index contributed by atoms with van der Waals surface area (Å²) in [5.41, 5.74) is 2.92. The Morgan fingerprint density at radius 3 is 2.14 bits per heavy atom. The molecule has 28 heavy (non-hydrogen) atoms. The molecule has 0 bridgehead atoms. The van der Waals surface area contributed by atoms with Gasteiger partial charge in [0.15, 0.2) is 5.75 Å². The van der Waals surface area contributed by atoms with Crippen LogP contribution < -0.4 is 10.4 Å². The van der Waals surface area contributed by atoms with Crippen molar-refractivity contribution < 1.29 is 13.9 Å². The standard InChI is InChI=1S/C23H13BrO4/c24-16-11-9-14(10-12-16)13-5-7-15(8-6-13)19-20-21(28-22(19)25)17-3-1-2-4-18(17)27-23(20)26/h1-12,19H. The van der Waals surface area contributed by atoms with Crippen LogP contribution in [0.1, 0.15) is 17.0 Å². The summed E-state index contributed by atoms with van der Waals surface area (Å²) < 4.78 is 11.9. The number of halogens is 1. The van der Waals surface area contributed by atoms with Crippen molar-refractivity contribution in [3.05, 3.63) is 98.8 Å². The van der Waals surface area contributed by atoms with Crippen LogP contribution in [0.15, 0.2) is 86.5 Å². The molecule has 0 fully saturated rings. The molecule has 4 nitrogen and oxygen atoms in total. The van der Waals surface area contributed by atoms with Gasteiger partial charge in [0.1, 0.15) is 11.5 Å². The Hall–Kier alpha value is -3.18. The van der Waals surface area contributed by atoms with Gasteiger partial charge in [0.25, 0.3) is 0 Å². The number of hydrogen-bond acceptors (Lipinski definition) is 4. The second-order valence-corrected chi connectivity index (χ2v) is 7.53. The van der Waals surface area contributed by atoms with Crippen molar-refractivity contribution in [2.45, 2.75) is 5.92 Å². The molecule has 1 unspecified atom stereocenters. The maximum atomic E-state index is 12.6. The van der Waals surface area contributed by atoms with Gasteiger partial charge >= 0.3 is 11.6 Å². The predicted molar refractivity (Wildman–Crippen MR) is 110 cm³/mol. The van der Waals surface area contributed by atoms with E-state index in [1.165, 1.54) is 0 Å². The zero-order valence-corrected chi connectivity index (χ0v) is 16.1. The fourth-order valence-electron chi connectivity index (χ4n) is 3.59. The molecule has 1 aliphatic heterocycles. The zero-order valence-electron chi connectivity index (χ0n) is 14.5. The molecule has 1 aliphatic rings. The Balaban J connectivity index is 1.60. The summed E-state index contributed by atoms with van der Waals surface area (Å²) in [4.78, 5) is 25.2. The van der Waals surface area contributed by atoms with Crippen LogP contribution in [0.2, 0.25) is 0 Å². The smallest absolute Gasteiger partial charge is 0.344 e. The lowest BCUT2D eigenvalue weighted by molar-refractivity contribution is -0.133. The van der Waals surface area contributed by atoms with Crippen LogP contribution in [0, 0.1) is 0 Å². The average Bonchev–Trinajstić information content (AvgIpc) is 3.07. The third kappa shape index (κ3) is 2.67. The average molecular weight is 433 g/mol. The Morgan fingerprint density at radius 1 is 0.786 bits per heavy atom. The molecule has 1 aromatic heterocycles. The number of ether oxygens (including phenoxy) is 1. The second kappa shape index (κ2) is 6.46. The van der Waals surface area contributed by atoms with Crippen LogP contribution in [0.25, 0.3) is 22.1 Å². The third-order valence-corrected chi connectivity index (χ3v) is 5.48. The molecule has 2 heterocycles. The van der Waals surface area contributed by atoms with Crippen LogP contribution in [0.4, 0.5) is 0 Å². The normalized spacial score (nSPS) is 15.5. The molecule has 5 rings (SSSR count). The van der Waals surface area contributed by atoms with E-state index in [1.807, 2.05) is 54.6 Å². The fraction of sp³-hybridized carbons (Fsp3) is 0.0435. The molecule has 0 radical (unpaired) electrons. The van der Waals surface area contributed by atoms with Gasteiger partial charge in [-0.1, -0.05) is 64.5 Å². The van der Waals surface area contributed by atoms with Gasteiger partial charge in [-0.2, -0.15) is 0 Å². The van der Waals surface area contributed by atoms with E-state index in [-0.39, 0.29) is 5.56 Å². The SMILES string of the molecule is O=C1Oc2c(c(=O)oc3ccccc23)C1c1ccc(-c2ccc(Br)cc2)cc1. The van der Waals surface area contributed by atoms with Gasteiger partial charge in [-0.05, 0) is 41.0 Å². The molecular weight excluding hydrogens is 420 g/mol. The van der Waals surface area contributed by atoms with Crippen LogP contribution in [-0.2, 0) is 4.79 Å². The van der Waals surface area contributed by atoms with E-state index in [2.05, 4.69) is 15.9 Å². The van der Waals surface area contributed by atoms with E-state index >= 15 is 0 Å². The second-order valence-electron chi connectivity index (χ2n) is 6.61. The summed E-state index contributed by atoms with van der Waals surface area (Å²) >= 11 is 3.43. The maximum absolute atomic E-state index is 12.6. The summed E-state index contributed by atoms with van der Waals surface area (Å²) in [5.74, 6) is -0.941. The number of esters is 1. The van der Waals surface area contributed by atoms with Gasteiger partial charge < -0.3 is 9.15 Å². The molecule has 1 atom stereocenters. The van der Waals surface area contributed by atoms with Crippen molar-refractivity contribution in [2.24, 2.45) is 0 Å². The van der Waals surface area contributed by atoms with E-state index in [9.17, 15) is 9.59 Å². The predicted octanol–water partition coefficient (Wildman–Crippen LogP) is 5.27. The Labute approximate surface area is 168 Å². The van der Waals surface area contributed by atoms with Gasteiger partial charge in [-0.25, -0.2) is 4.79 Å². The lowest BCUT2D eigenvalue weighted by atomic mass is 9.91. The summed E-state index contributed by atoms with van der Waals surface area (Å²) in [6.45, 7) is 0. The molecule has 0 N–H and O–H groups in total. The van der Waals surface area contributed by atoms with E-state index in [1.54, 1.807) is 18.2 Å². The number of carbonyl (C=O) groups is 1. The van der Waals surface area contributed by atoms with E-state index < -0.39 is 17.5 Å². The minimum absolute atomic E-state index is 0.264. The van der Waals surface area contributed by atoms with Crippen molar-refractivity contribution in [3.8, 4) is 16.9 Å². The van der Waals surface area contributed by atoms with Gasteiger partial charge in [-0.15, -0.1) is 0 Å². The number of fused-ring (bicyclic) bond motifs is 3. The van der Waals surface area contributed by atoms with Crippen LogP contribution in [0.5, 0.6) is 5.75 Å². The number of benzene rings is 3. The van der Waals surface area contributed by atoms with E-state index in [0.29, 0.717) is 22.3 Å². The Bertz CT molecular complexity index is 1270. The molecule has 0 spiro atoms. The van der Waals surface area contributed by atoms with E-state index in [0.717, 1.165) is 15.6 Å². The lowest BCUT2D eigenvalue weighted by Crippen LogP contribution is -2.16. The van der Waals surface area contributed by atoms with Crippen molar-refractivity contribution >= 4 is 32.9 Å². The quantitative estimate of drug-likeness (QED) is 0.319. The summed E-state index contributed by atoms with van der Waals surface area (Å²) in [6, 6.07) is 22.6. The van der Waals surface area contributed by atoms with E-state index in [4.69, 9.17) is 9.15 Å². The molecule has 3 aromatic carbocycles.